The molecule has 2 fully saturated rings. The van der Waals surface area contributed by atoms with E-state index in [1.807, 2.05) is 66.3 Å². The number of hydrogen-bond donors (Lipinski definition) is 4. The zero-order chi connectivity index (χ0) is 34.8. The molecule has 0 saturated carbocycles. The van der Waals surface area contributed by atoms with Gasteiger partial charge in [0.1, 0.15) is 5.65 Å². The van der Waals surface area contributed by atoms with E-state index < -0.39 is 0 Å². The third-order valence-corrected chi connectivity index (χ3v) is 10.1. The molecule has 50 heavy (non-hydrogen) atoms. The third-order valence-electron chi connectivity index (χ3n) is 9.32. The molecule has 258 valence electrons. The number of carbonyl (C=O) groups is 2. The standard InChI is InChI=1S/C37H38Cl2N8O3/c1-47-20-22(16-41-18-24-11-14-32(49)44-24)29-19-42-35(46-36(29)47)28-8-4-6-26(34(28)39)25-5-3-7-27(33(25)38)30-12-9-21(37(45-30)50-2)15-40-17-23-10-13-31(48)43-23/h3-9,12,19-20,23-24,40-41H,10-11,13-18H2,1-2H3,(H,43,48)(H,44,49)/t23-,24-/m0/s1. The van der Waals surface area contributed by atoms with Gasteiger partial charge in [0, 0.05) is 104 Å². The first-order chi connectivity index (χ1) is 24.3. The number of nitrogens with zero attached hydrogens (tertiary/aromatic N) is 4. The van der Waals surface area contributed by atoms with Crippen LogP contribution in [0.15, 0.2) is 60.9 Å². The Hall–Kier alpha value is -4.55. The summed E-state index contributed by atoms with van der Waals surface area (Å²) < 4.78 is 7.64. The molecule has 11 nitrogen and oxygen atoms in total. The zero-order valence-electron chi connectivity index (χ0n) is 27.9. The molecule has 2 aromatic carbocycles. The van der Waals surface area contributed by atoms with Gasteiger partial charge in [0.15, 0.2) is 5.82 Å². The van der Waals surface area contributed by atoms with Gasteiger partial charge in [-0.05, 0) is 30.5 Å². The molecule has 2 aliphatic rings. The summed E-state index contributed by atoms with van der Waals surface area (Å²) in [5.74, 6) is 1.22. The molecule has 0 spiro atoms. The second kappa shape index (κ2) is 14.7. The first-order valence-corrected chi connectivity index (χ1v) is 17.5. The van der Waals surface area contributed by atoms with Crippen LogP contribution >= 0.6 is 23.2 Å². The monoisotopic (exact) mass is 712 g/mol. The Labute approximate surface area is 300 Å². The molecule has 0 unspecified atom stereocenters. The molecular formula is C37H38Cl2N8O3. The normalized spacial score (nSPS) is 17.4. The Morgan fingerprint density at radius 1 is 0.820 bits per heavy atom. The Morgan fingerprint density at radius 3 is 2.04 bits per heavy atom. The van der Waals surface area contributed by atoms with Crippen molar-refractivity contribution in [3.8, 4) is 39.7 Å². The lowest BCUT2D eigenvalue weighted by Gasteiger charge is -2.15. The van der Waals surface area contributed by atoms with Gasteiger partial charge in [0.25, 0.3) is 0 Å². The summed E-state index contributed by atoms with van der Waals surface area (Å²) in [6, 6.07) is 15.8. The van der Waals surface area contributed by atoms with Crippen molar-refractivity contribution in [2.24, 2.45) is 7.05 Å². The first-order valence-electron chi connectivity index (χ1n) is 16.7. The van der Waals surface area contributed by atoms with Crippen LogP contribution in [0.2, 0.25) is 10.0 Å². The van der Waals surface area contributed by atoms with E-state index in [1.54, 1.807) is 7.11 Å². The number of rotatable bonds is 12. The largest absolute Gasteiger partial charge is 0.481 e. The van der Waals surface area contributed by atoms with Crippen molar-refractivity contribution in [2.45, 2.75) is 50.9 Å². The fourth-order valence-electron chi connectivity index (χ4n) is 6.71. The van der Waals surface area contributed by atoms with Crippen molar-refractivity contribution >= 4 is 46.0 Å². The van der Waals surface area contributed by atoms with Gasteiger partial charge >= 0.3 is 0 Å². The van der Waals surface area contributed by atoms with Crippen LogP contribution < -0.4 is 26.0 Å². The molecule has 7 rings (SSSR count). The van der Waals surface area contributed by atoms with Crippen molar-refractivity contribution in [2.75, 3.05) is 20.2 Å². The highest BCUT2D eigenvalue weighted by atomic mass is 35.5. The van der Waals surface area contributed by atoms with Gasteiger partial charge in [-0.2, -0.15) is 0 Å². The molecule has 2 aliphatic heterocycles. The molecular weight excluding hydrogens is 675 g/mol. The van der Waals surface area contributed by atoms with Crippen LogP contribution in [0.25, 0.3) is 44.8 Å². The molecule has 13 heteroatoms. The number of nitrogens with one attached hydrogen (secondary N) is 4. The molecule has 5 aromatic rings. The summed E-state index contributed by atoms with van der Waals surface area (Å²) in [7, 11) is 3.56. The van der Waals surface area contributed by atoms with Crippen molar-refractivity contribution in [1.29, 1.82) is 0 Å². The average molecular weight is 714 g/mol. The first kappa shape index (κ1) is 33.9. The minimum Gasteiger partial charge on any atom is -0.481 e. The summed E-state index contributed by atoms with van der Waals surface area (Å²) in [5, 5.41) is 14.8. The number of amides is 2. The van der Waals surface area contributed by atoms with Crippen LogP contribution in [0.1, 0.15) is 36.8 Å². The van der Waals surface area contributed by atoms with Crippen LogP contribution in [-0.4, -0.2) is 63.6 Å². The van der Waals surface area contributed by atoms with E-state index in [2.05, 4.69) is 27.5 Å². The molecule has 0 bridgehead atoms. The highest BCUT2D eigenvalue weighted by Gasteiger charge is 2.22. The molecule has 0 radical (unpaired) electrons. The van der Waals surface area contributed by atoms with Crippen molar-refractivity contribution in [3.05, 3.63) is 82.1 Å². The average Bonchev–Trinajstić information content (AvgIpc) is 3.83. The topological polar surface area (TPSA) is 135 Å². The summed E-state index contributed by atoms with van der Waals surface area (Å²) in [4.78, 5) is 37.5. The second-order valence-electron chi connectivity index (χ2n) is 12.8. The SMILES string of the molecule is COc1nc(-c2cccc(-c3cccc(-c4ncc5c(CNC[C@@H]6CCC(=O)N6)cn(C)c5n4)c3Cl)c2Cl)ccc1CNC[C@@H]1CCC(=O)N1. The smallest absolute Gasteiger partial charge is 0.220 e. The summed E-state index contributed by atoms with van der Waals surface area (Å²) >= 11 is 14.2. The lowest BCUT2D eigenvalue weighted by Crippen LogP contribution is -2.35. The lowest BCUT2D eigenvalue weighted by atomic mass is 9.99. The molecule has 3 aromatic heterocycles. The zero-order valence-corrected chi connectivity index (χ0v) is 29.4. The van der Waals surface area contributed by atoms with Gasteiger partial charge in [0.2, 0.25) is 17.7 Å². The number of halogens is 2. The summed E-state index contributed by atoms with van der Waals surface area (Å²) in [6.45, 7) is 2.58. The Kier molecular flexibility index (Phi) is 10.0. The van der Waals surface area contributed by atoms with E-state index in [4.69, 9.17) is 42.9 Å². The minimum absolute atomic E-state index is 0.0988. The maximum Gasteiger partial charge on any atom is 0.220 e. The van der Waals surface area contributed by atoms with Gasteiger partial charge < -0.3 is 30.6 Å². The minimum atomic E-state index is 0.0988. The highest BCUT2D eigenvalue weighted by molar-refractivity contribution is 6.39. The number of carbonyl (C=O) groups excluding carboxylic acids is 2. The van der Waals surface area contributed by atoms with Crippen LogP contribution in [0.5, 0.6) is 5.88 Å². The Bertz CT molecular complexity index is 2080. The Morgan fingerprint density at radius 2 is 1.42 bits per heavy atom. The van der Waals surface area contributed by atoms with Crippen molar-refractivity contribution < 1.29 is 14.3 Å². The predicted octanol–water partition coefficient (Wildman–Crippen LogP) is 5.42. The van der Waals surface area contributed by atoms with E-state index in [1.165, 1.54) is 0 Å². The third kappa shape index (κ3) is 7.04. The number of benzene rings is 2. The summed E-state index contributed by atoms with van der Waals surface area (Å²) in [6.07, 6.45) is 6.74. The second-order valence-corrected chi connectivity index (χ2v) is 13.5. The lowest BCUT2D eigenvalue weighted by molar-refractivity contribution is -0.120. The highest BCUT2D eigenvalue weighted by Crippen LogP contribution is 2.42. The number of aromatic nitrogens is 4. The molecule has 5 heterocycles. The van der Waals surface area contributed by atoms with E-state index in [-0.39, 0.29) is 23.9 Å². The maximum absolute atomic E-state index is 11.5. The van der Waals surface area contributed by atoms with E-state index in [9.17, 15) is 9.59 Å². The van der Waals surface area contributed by atoms with Gasteiger partial charge in [-0.1, -0.05) is 59.6 Å². The molecule has 0 aliphatic carbocycles. The number of methoxy groups -OCH3 is 1. The number of aryl methyl sites for hydroxylation is 1. The predicted molar refractivity (Wildman–Crippen MR) is 195 cm³/mol. The molecule has 2 amide bonds. The molecule has 2 atom stereocenters. The molecule has 2 saturated heterocycles. The van der Waals surface area contributed by atoms with Crippen LogP contribution in [0.3, 0.4) is 0 Å². The van der Waals surface area contributed by atoms with Gasteiger partial charge in [-0.15, -0.1) is 0 Å². The van der Waals surface area contributed by atoms with Crippen LogP contribution in [-0.2, 0) is 29.7 Å². The van der Waals surface area contributed by atoms with E-state index in [0.29, 0.717) is 72.0 Å². The van der Waals surface area contributed by atoms with Gasteiger partial charge in [-0.25, -0.2) is 15.0 Å². The molecule has 4 N–H and O–H groups in total. The Balaban J connectivity index is 1.11. The number of fused-ring (bicyclic) bond motifs is 1. The van der Waals surface area contributed by atoms with Crippen LogP contribution in [0, 0.1) is 0 Å². The number of pyridine rings is 1. The fraction of sp³-hybridized carbons (Fsp3) is 0.324. The van der Waals surface area contributed by atoms with Crippen LogP contribution in [0.4, 0.5) is 0 Å². The maximum atomic E-state index is 11.5. The number of ether oxygens (including phenoxy) is 1. The van der Waals surface area contributed by atoms with E-state index >= 15 is 0 Å². The van der Waals surface area contributed by atoms with Gasteiger partial charge in [0.05, 0.1) is 22.8 Å². The number of hydrogen-bond acceptors (Lipinski definition) is 8. The quantitative estimate of drug-likeness (QED) is 0.135. The van der Waals surface area contributed by atoms with Crippen molar-refractivity contribution in [3.63, 3.8) is 0 Å². The van der Waals surface area contributed by atoms with E-state index in [0.717, 1.165) is 51.7 Å². The van der Waals surface area contributed by atoms with Gasteiger partial charge in [-0.3, -0.25) is 9.59 Å². The fourth-order valence-corrected chi connectivity index (χ4v) is 7.34. The van der Waals surface area contributed by atoms with Crippen molar-refractivity contribution in [1.82, 2.24) is 40.8 Å². The summed E-state index contributed by atoms with van der Waals surface area (Å²) in [5.41, 5.74) is 6.40.